The van der Waals surface area contributed by atoms with Gasteiger partial charge in [-0.3, -0.25) is 4.90 Å². The number of urea groups is 1. The zero-order valence-corrected chi connectivity index (χ0v) is 14.2. The molecule has 4 aliphatic rings. The van der Waals surface area contributed by atoms with Crippen LogP contribution in [0.2, 0.25) is 0 Å². The lowest BCUT2D eigenvalue weighted by atomic mass is 9.94. The maximum Gasteiger partial charge on any atom is 0.315 e. The molecule has 7 nitrogen and oxygen atoms in total. The molecule has 0 spiro atoms. The molecule has 0 aromatic carbocycles. The van der Waals surface area contributed by atoms with Crippen molar-refractivity contribution in [2.75, 3.05) is 19.7 Å². The second kappa shape index (κ2) is 7.15. The molecule has 0 aromatic heterocycles. The fourth-order valence-corrected chi connectivity index (χ4v) is 4.63. The average Bonchev–Trinajstić information content (AvgIpc) is 3.24. The number of carbonyl (C=O) groups excluding carboxylic acids is 1. The van der Waals surface area contributed by atoms with Gasteiger partial charge in [-0.15, -0.1) is 0 Å². The van der Waals surface area contributed by atoms with Gasteiger partial charge in [0, 0.05) is 6.04 Å². The molecule has 4 rings (SSSR count). The second-order valence-electron chi connectivity index (χ2n) is 7.58. The summed E-state index contributed by atoms with van der Waals surface area (Å²) in [6.07, 6.45) is 6.68. The van der Waals surface area contributed by atoms with Gasteiger partial charge in [0.1, 0.15) is 6.10 Å². The molecule has 5 atom stereocenters. The summed E-state index contributed by atoms with van der Waals surface area (Å²) in [7, 11) is 0. The number of hydrogen-bond acceptors (Lipinski definition) is 5. The molecule has 1 saturated carbocycles. The van der Waals surface area contributed by atoms with Gasteiger partial charge in [-0.2, -0.15) is 0 Å². The van der Waals surface area contributed by atoms with E-state index < -0.39 is 12.1 Å². The minimum atomic E-state index is -0.661. The molecule has 3 aliphatic heterocycles. The first-order chi connectivity index (χ1) is 11.7. The molecule has 7 heteroatoms. The Hall–Kier alpha value is -0.890. The molecule has 4 fully saturated rings. The number of nitrogens with one attached hydrogen (secondary N) is 2. The van der Waals surface area contributed by atoms with Crippen LogP contribution in [0.5, 0.6) is 0 Å². The van der Waals surface area contributed by atoms with Gasteiger partial charge in [0.2, 0.25) is 0 Å². The minimum Gasteiger partial charge on any atom is -0.389 e. The van der Waals surface area contributed by atoms with Gasteiger partial charge in [0.25, 0.3) is 0 Å². The average molecular weight is 339 g/mol. The number of ether oxygens (including phenoxy) is 2. The number of aliphatic hydroxyl groups is 1. The molecule has 24 heavy (non-hydrogen) atoms. The highest BCUT2D eigenvalue weighted by molar-refractivity contribution is 5.74. The maximum atomic E-state index is 12.4. The summed E-state index contributed by atoms with van der Waals surface area (Å²) in [4.78, 5) is 14.6. The van der Waals surface area contributed by atoms with E-state index in [-0.39, 0.29) is 30.5 Å². The van der Waals surface area contributed by atoms with Crippen molar-refractivity contribution in [3.8, 4) is 0 Å². The number of nitrogens with zero attached hydrogens (tertiary/aromatic N) is 1. The molecule has 136 valence electrons. The second-order valence-corrected chi connectivity index (χ2v) is 7.58. The van der Waals surface area contributed by atoms with Gasteiger partial charge >= 0.3 is 6.03 Å². The maximum absolute atomic E-state index is 12.4. The summed E-state index contributed by atoms with van der Waals surface area (Å²) in [5.74, 6) is 0. The Labute approximate surface area is 143 Å². The monoisotopic (exact) mass is 339 g/mol. The molecule has 3 heterocycles. The SMILES string of the molecule is O=C(NC1CCCCC1)NC1C2COC(O2)C(N2CCCC2)C1O. The quantitative estimate of drug-likeness (QED) is 0.700. The van der Waals surface area contributed by atoms with Crippen LogP contribution in [-0.2, 0) is 9.47 Å². The summed E-state index contributed by atoms with van der Waals surface area (Å²) in [6, 6.07) is -0.549. The van der Waals surface area contributed by atoms with E-state index in [1.54, 1.807) is 0 Å². The Kier molecular flexibility index (Phi) is 4.94. The van der Waals surface area contributed by atoms with E-state index in [1.807, 2.05) is 0 Å². The van der Waals surface area contributed by atoms with E-state index in [1.165, 1.54) is 19.3 Å². The first-order valence-electron chi connectivity index (χ1n) is 9.48. The van der Waals surface area contributed by atoms with Crippen LogP contribution in [0.15, 0.2) is 0 Å². The van der Waals surface area contributed by atoms with E-state index in [2.05, 4.69) is 15.5 Å². The number of fused-ring (bicyclic) bond motifs is 2. The minimum absolute atomic E-state index is 0.189. The standard InChI is InChI=1S/C17H29N3O4/c21-15-13(19-17(22)18-11-6-2-1-3-7-11)12-10-23-16(24-12)14(15)20-8-4-5-9-20/h11-16,21H,1-10H2,(H2,18,19,22). The lowest BCUT2D eigenvalue weighted by Crippen LogP contribution is -2.66. The lowest BCUT2D eigenvalue weighted by Gasteiger charge is -2.42. The lowest BCUT2D eigenvalue weighted by molar-refractivity contribution is -0.177. The topological polar surface area (TPSA) is 83.1 Å². The van der Waals surface area contributed by atoms with Crippen molar-refractivity contribution in [2.45, 2.75) is 81.6 Å². The zero-order valence-electron chi connectivity index (χ0n) is 14.2. The Morgan fingerprint density at radius 2 is 1.79 bits per heavy atom. The first kappa shape index (κ1) is 16.6. The third-order valence-electron chi connectivity index (χ3n) is 5.93. The highest BCUT2D eigenvalue weighted by atomic mass is 16.7. The summed E-state index contributed by atoms with van der Waals surface area (Å²) in [5, 5.41) is 16.9. The summed E-state index contributed by atoms with van der Waals surface area (Å²) in [5.41, 5.74) is 0. The molecule has 2 amide bonds. The number of likely N-dealkylation sites (tertiary alicyclic amines) is 1. The number of aliphatic hydroxyl groups excluding tert-OH is 1. The van der Waals surface area contributed by atoms with Crippen LogP contribution in [-0.4, -0.2) is 72.4 Å². The van der Waals surface area contributed by atoms with Crippen molar-refractivity contribution in [3.05, 3.63) is 0 Å². The molecule has 0 aromatic rings. The first-order valence-corrected chi connectivity index (χ1v) is 9.48. The van der Waals surface area contributed by atoms with Crippen LogP contribution in [0.25, 0.3) is 0 Å². The zero-order chi connectivity index (χ0) is 16.5. The Bertz CT molecular complexity index is 449. The molecular formula is C17H29N3O4. The van der Waals surface area contributed by atoms with Crippen molar-refractivity contribution in [1.82, 2.24) is 15.5 Å². The van der Waals surface area contributed by atoms with Gasteiger partial charge in [0.15, 0.2) is 6.29 Å². The predicted octanol–water partition coefficient (Wildman–Crippen LogP) is 0.567. The third-order valence-corrected chi connectivity index (χ3v) is 5.93. The smallest absolute Gasteiger partial charge is 0.315 e. The van der Waals surface area contributed by atoms with Gasteiger partial charge in [-0.05, 0) is 38.8 Å². The number of carbonyl (C=O) groups is 1. The van der Waals surface area contributed by atoms with E-state index in [4.69, 9.17) is 9.47 Å². The van der Waals surface area contributed by atoms with Crippen LogP contribution in [0.4, 0.5) is 4.79 Å². The normalized spacial score (nSPS) is 40.6. The summed E-state index contributed by atoms with van der Waals surface area (Å²) >= 11 is 0. The molecular weight excluding hydrogens is 310 g/mol. The van der Waals surface area contributed by atoms with Crippen molar-refractivity contribution >= 4 is 6.03 Å². The molecule has 3 N–H and O–H groups in total. The summed E-state index contributed by atoms with van der Waals surface area (Å²) < 4.78 is 11.7. The van der Waals surface area contributed by atoms with E-state index in [0.717, 1.165) is 38.8 Å². The highest BCUT2D eigenvalue weighted by Crippen LogP contribution is 2.33. The van der Waals surface area contributed by atoms with E-state index in [9.17, 15) is 9.90 Å². The van der Waals surface area contributed by atoms with Crippen molar-refractivity contribution in [3.63, 3.8) is 0 Å². The van der Waals surface area contributed by atoms with E-state index >= 15 is 0 Å². The van der Waals surface area contributed by atoms with Crippen molar-refractivity contribution in [2.24, 2.45) is 0 Å². The van der Waals surface area contributed by atoms with Crippen molar-refractivity contribution < 1.29 is 19.4 Å². The van der Waals surface area contributed by atoms with Crippen LogP contribution < -0.4 is 10.6 Å². The number of amides is 2. The van der Waals surface area contributed by atoms with Gasteiger partial charge in [-0.25, -0.2) is 4.79 Å². The molecule has 0 radical (unpaired) electrons. The van der Waals surface area contributed by atoms with Crippen LogP contribution >= 0.6 is 0 Å². The van der Waals surface area contributed by atoms with E-state index in [0.29, 0.717) is 6.61 Å². The largest absolute Gasteiger partial charge is 0.389 e. The number of rotatable bonds is 3. The molecule has 5 unspecified atom stereocenters. The van der Waals surface area contributed by atoms with Crippen LogP contribution in [0, 0.1) is 0 Å². The van der Waals surface area contributed by atoms with Gasteiger partial charge < -0.3 is 25.2 Å². The highest BCUT2D eigenvalue weighted by Gasteiger charge is 2.52. The van der Waals surface area contributed by atoms with Crippen molar-refractivity contribution in [1.29, 1.82) is 0 Å². The van der Waals surface area contributed by atoms with Crippen LogP contribution in [0.1, 0.15) is 44.9 Å². The molecule has 3 saturated heterocycles. The Morgan fingerprint density at radius 3 is 2.54 bits per heavy atom. The fraction of sp³-hybridized carbons (Fsp3) is 0.941. The van der Waals surface area contributed by atoms with Gasteiger partial charge in [-0.1, -0.05) is 19.3 Å². The summed E-state index contributed by atoms with van der Waals surface area (Å²) in [6.45, 7) is 2.34. The fourth-order valence-electron chi connectivity index (χ4n) is 4.63. The Balaban J connectivity index is 1.38. The molecule has 2 bridgehead atoms. The van der Waals surface area contributed by atoms with Crippen LogP contribution in [0.3, 0.4) is 0 Å². The molecule has 1 aliphatic carbocycles. The number of hydrogen-bond donors (Lipinski definition) is 3. The predicted molar refractivity (Wildman–Crippen MR) is 87.5 cm³/mol. The van der Waals surface area contributed by atoms with Gasteiger partial charge in [0.05, 0.1) is 24.8 Å². The Morgan fingerprint density at radius 1 is 1.04 bits per heavy atom. The third kappa shape index (κ3) is 3.27.